The second-order valence-electron chi connectivity index (χ2n) is 4.55. The first-order valence-electron chi connectivity index (χ1n) is 6.37. The number of hydrogen-bond acceptors (Lipinski definition) is 4. The second-order valence-corrected chi connectivity index (χ2v) is 4.55. The number of nitrogens with one attached hydrogen (secondary N) is 1. The highest BCUT2D eigenvalue weighted by molar-refractivity contribution is 5.99. The average Bonchev–Trinajstić information content (AvgIpc) is 2.90. The Morgan fingerprint density at radius 1 is 1.37 bits per heavy atom. The number of carbonyl (C=O) groups is 2. The van der Waals surface area contributed by atoms with Crippen LogP contribution in [0.2, 0.25) is 0 Å². The fraction of sp³-hybridized carbons (Fsp3) is 0.462. The third kappa shape index (κ3) is 3.75. The van der Waals surface area contributed by atoms with Crippen molar-refractivity contribution >= 4 is 17.7 Å². The van der Waals surface area contributed by atoms with Gasteiger partial charge in [-0.2, -0.15) is 0 Å². The lowest BCUT2D eigenvalue weighted by Gasteiger charge is -2.14. The number of aromatic nitrogens is 1. The second kappa shape index (κ2) is 6.29. The number of carboxylic acids is 1. The predicted molar refractivity (Wildman–Crippen MR) is 70.1 cm³/mol. The number of hydrogen-bond donors (Lipinski definition) is 2. The zero-order valence-electron chi connectivity index (χ0n) is 10.6. The van der Waals surface area contributed by atoms with Crippen LogP contribution in [0.3, 0.4) is 0 Å². The summed E-state index contributed by atoms with van der Waals surface area (Å²) in [5.41, 5.74) is 0.0111. The van der Waals surface area contributed by atoms with Crippen molar-refractivity contribution in [3.63, 3.8) is 0 Å². The maximum Gasteiger partial charge on any atom is 0.339 e. The van der Waals surface area contributed by atoms with E-state index in [1.54, 1.807) is 0 Å². The Morgan fingerprint density at radius 3 is 2.79 bits per heavy atom. The molecule has 0 saturated carbocycles. The number of likely N-dealkylation sites (tertiary alicyclic amines) is 1. The zero-order valence-corrected chi connectivity index (χ0v) is 10.6. The Labute approximate surface area is 111 Å². The van der Waals surface area contributed by atoms with Gasteiger partial charge < -0.3 is 15.3 Å². The number of amides is 1. The highest BCUT2D eigenvalue weighted by Crippen LogP contribution is 2.12. The highest BCUT2D eigenvalue weighted by Gasteiger charge is 2.15. The zero-order chi connectivity index (χ0) is 13.7. The van der Waals surface area contributed by atoms with Crippen molar-refractivity contribution in [2.75, 3.05) is 25.0 Å². The van der Waals surface area contributed by atoms with Crippen LogP contribution in [-0.4, -0.2) is 46.5 Å². The Balaban J connectivity index is 1.89. The molecule has 0 radical (unpaired) electrons. The maximum atomic E-state index is 11.8. The Morgan fingerprint density at radius 2 is 2.11 bits per heavy atom. The highest BCUT2D eigenvalue weighted by atomic mass is 16.4. The van der Waals surface area contributed by atoms with Crippen LogP contribution in [0.15, 0.2) is 18.3 Å². The smallest absolute Gasteiger partial charge is 0.339 e. The van der Waals surface area contributed by atoms with Gasteiger partial charge in [0, 0.05) is 19.2 Å². The van der Waals surface area contributed by atoms with Gasteiger partial charge in [-0.1, -0.05) is 0 Å². The van der Waals surface area contributed by atoms with Crippen molar-refractivity contribution < 1.29 is 14.7 Å². The lowest BCUT2D eigenvalue weighted by Crippen LogP contribution is -2.25. The Hall–Kier alpha value is -1.95. The van der Waals surface area contributed by atoms with Crippen LogP contribution in [0.25, 0.3) is 0 Å². The maximum absolute atomic E-state index is 11.8. The van der Waals surface area contributed by atoms with E-state index < -0.39 is 5.97 Å². The summed E-state index contributed by atoms with van der Waals surface area (Å²) in [6, 6.07) is 2.95. The van der Waals surface area contributed by atoms with Crippen LogP contribution in [0.5, 0.6) is 0 Å². The molecule has 2 rings (SSSR count). The normalized spacial score (nSPS) is 15.4. The van der Waals surface area contributed by atoms with E-state index in [1.807, 2.05) is 0 Å². The molecule has 0 unspecified atom stereocenters. The van der Waals surface area contributed by atoms with Gasteiger partial charge in [0.15, 0.2) is 0 Å². The molecule has 6 heteroatoms. The number of rotatable bonds is 5. The number of pyridine rings is 1. The number of carbonyl (C=O) groups excluding carboxylic acids is 1. The largest absolute Gasteiger partial charge is 0.478 e. The van der Waals surface area contributed by atoms with Crippen molar-refractivity contribution in [3.8, 4) is 0 Å². The first-order valence-corrected chi connectivity index (χ1v) is 6.37. The predicted octanol–water partition coefficient (Wildman–Crippen LogP) is 1.20. The van der Waals surface area contributed by atoms with Crippen LogP contribution >= 0.6 is 0 Å². The first kappa shape index (κ1) is 13.5. The molecule has 2 N–H and O–H groups in total. The minimum atomic E-state index is -1.09. The van der Waals surface area contributed by atoms with E-state index in [-0.39, 0.29) is 17.3 Å². The number of carboxylic acid groups (broad SMARTS) is 1. The molecule has 0 aromatic carbocycles. The van der Waals surface area contributed by atoms with E-state index in [9.17, 15) is 9.59 Å². The molecule has 2 heterocycles. The summed E-state index contributed by atoms with van der Waals surface area (Å²) >= 11 is 0. The molecule has 102 valence electrons. The molecule has 1 aliphatic heterocycles. The molecule has 1 fully saturated rings. The monoisotopic (exact) mass is 263 g/mol. The molecule has 1 aliphatic rings. The van der Waals surface area contributed by atoms with Crippen LogP contribution in [0.1, 0.15) is 29.6 Å². The number of anilines is 1. The van der Waals surface area contributed by atoms with E-state index in [0.29, 0.717) is 13.0 Å². The summed E-state index contributed by atoms with van der Waals surface area (Å²) < 4.78 is 0. The van der Waals surface area contributed by atoms with E-state index >= 15 is 0 Å². The first-order chi connectivity index (χ1) is 9.16. The van der Waals surface area contributed by atoms with Gasteiger partial charge in [-0.05, 0) is 38.1 Å². The van der Waals surface area contributed by atoms with E-state index in [1.165, 1.54) is 31.2 Å². The molecule has 6 nitrogen and oxygen atoms in total. The van der Waals surface area contributed by atoms with Crippen LogP contribution in [0, 0.1) is 0 Å². The fourth-order valence-electron chi connectivity index (χ4n) is 2.14. The molecule has 1 amide bonds. The van der Waals surface area contributed by atoms with Gasteiger partial charge in [0.25, 0.3) is 0 Å². The minimum Gasteiger partial charge on any atom is -0.478 e. The van der Waals surface area contributed by atoms with Gasteiger partial charge in [-0.3, -0.25) is 4.79 Å². The summed E-state index contributed by atoms with van der Waals surface area (Å²) in [6.45, 7) is 2.79. The lowest BCUT2D eigenvalue weighted by atomic mass is 10.2. The molecule has 0 bridgehead atoms. The Kier molecular flexibility index (Phi) is 4.46. The van der Waals surface area contributed by atoms with Crippen LogP contribution < -0.4 is 5.32 Å². The van der Waals surface area contributed by atoms with Gasteiger partial charge >= 0.3 is 5.97 Å². The summed E-state index contributed by atoms with van der Waals surface area (Å²) in [6.07, 6.45) is 4.19. The summed E-state index contributed by atoms with van der Waals surface area (Å²) in [5.74, 6) is -1.18. The average molecular weight is 263 g/mol. The van der Waals surface area contributed by atoms with E-state index in [4.69, 9.17) is 5.11 Å². The molecule has 0 aliphatic carbocycles. The topological polar surface area (TPSA) is 82.5 Å². The Bertz CT molecular complexity index is 470. The minimum absolute atomic E-state index is 0.0111. The summed E-state index contributed by atoms with van der Waals surface area (Å²) in [5, 5.41) is 11.5. The molecule has 0 spiro atoms. The van der Waals surface area contributed by atoms with Crippen molar-refractivity contribution in [2.45, 2.75) is 19.3 Å². The van der Waals surface area contributed by atoms with E-state index in [2.05, 4.69) is 15.2 Å². The van der Waals surface area contributed by atoms with E-state index in [0.717, 1.165) is 13.1 Å². The fourth-order valence-corrected chi connectivity index (χ4v) is 2.14. The SMILES string of the molecule is O=C(CCN1CCCC1)Nc1ncccc1C(=O)O. The van der Waals surface area contributed by atoms with Gasteiger partial charge in [0.1, 0.15) is 11.4 Å². The molecule has 19 heavy (non-hydrogen) atoms. The van der Waals surface area contributed by atoms with Crippen molar-refractivity contribution in [1.29, 1.82) is 0 Å². The lowest BCUT2D eigenvalue weighted by molar-refractivity contribution is -0.116. The quantitative estimate of drug-likeness (QED) is 0.834. The van der Waals surface area contributed by atoms with Crippen molar-refractivity contribution in [1.82, 2.24) is 9.88 Å². The van der Waals surface area contributed by atoms with Gasteiger partial charge in [-0.15, -0.1) is 0 Å². The molecular weight excluding hydrogens is 246 g/mol. The van der Waals surface area contributed by atoms with Gasteiger partial charge in [0.05, 0.1) is 0 Å². The third-order valence-corrected chi connectivity index (χ3v) is 3.15. The van der Waals surface area contributed by atoms with Gasteiger partial charge in [-0.25, -0.2) is 9.78 Å². The molecule has 0 atom stereocenters. The summed E-state index contributed by atoms with van der Waals surface area (Å²) in [7, 11) is 0. The molecular formula is C13H17N3O3. The molecule has 1 saturated heterocycles. The van der Waals surface area contributed by atoms with Crippen molar-refractivity contribution in [2.24, 2.45) is 0 Å². The molecule has 1 aromatic rings. The third-order valence-electron chi connectivity index (χ3n) is 3.15. The summed E-state index contributed by atoms with van der Waals surface area (Å²) in [4.78, 5) is 28.9. The van der Waals surface area contributed by atoms with Crippen molar-refractivity contribution in [3.05, 3.63) is 23.9 Å². The standard InChI is InChI=1S/C13H17N3O3/c17-11(5-9-16-7-1-2-8-16)15-12-10(13(18)19)4-3-6-14-12/h3-4,6H,1-2,5,7-9H2,(H,18,19)(H,14,15,17). The number of aromatic carboxylic acids is 1. The van der Waals surface area contributed by atoms with Crippen LogP contribution in [-0.2, 0) is 4.79 Å². The molecule has 1 aromatic heterocycles. The number of nitrogens with zero attached hydrogens (tertiary/aromatic N) is 2. The van der Waals surface area contributed by atoms with Gasteiger partial charge in [0.2, 0.25) is 5.91 Å². The van der Waals surface area contributed by atoms with Crippen LogP contribution in [0.4, 0.5) is 5.82 Å².